The summed E-state index contributed by atoms with van der Waals surface area (Å²) in [5.41, 5.74) is 2.53. The summed E-state index contributed by atoms with van der Waals surface area (Å²) in [4.78, 5) is 0. The predicted molar refractivity (Wildman–Crippen MR) is 65.4 cm³/mol. The maximum atomic E-state index is 5.11. The van der Waals surface area contributed by atoms with Gasteiger partial charge in [0, 0.05) is 19.5 Å². The Kier molecular flexibility index (Phi) is 3.42. The van der Waals surface area contributed by atoms with E-state index in [9.17, 15) is 0 Å². The monoisotopic (exact) mass is 215 g/mol. The Bertz CT molecular complexity index is 433. The van der Waals surface area contributed by atoms with Gasteiger partial charge in [-0.3, -0.25) is 0 Å². The van der Waals surface area contributed by atoms with Crippen LogP contribution in [0.2, 0.25) is 0 Å². The second-order valence-electron chi connectivity index (χ2n) is 3.99. The highest BCUT2D eigenvalue weighted by Gasteiger charge is 2.06. The summed E-state index contributed by atoms with van der Waals surface area (Å²) in [7, 11) is 1.72. The molecule has 2 nitrogen and oxygen atoms in total. The van der Waals surface area contributed by atoms with Crippen molar-refractivity contribution in [2.24, 2.45) is 0 Å². The molecule has 0 spiro atoms. The van der Waals surface area contributed by atoms with Crippen LogP contribution in [-0.4, -0.2) is 11.7 Å². The first kappa shape index (κ1) is 11.0. The number of nitrogens with zero attached hydrogens (tertiary/aromatic N) is 1. The smallest absolute Gasteiger partial charge is 0.0727 e. The number of rotatable bonds is 4. The largest absolute Gasteiger partial charge is 0.380 e. The molecule has 0 bridgehead atoms. The normalized spacial score (nSPS) is 12.6. The fourth-order valence-corrected chi connectivity index (χ4v) is 1.86. The van der Waals surface area contributed by atoms with Crippen molar-refractivity contribution < 1.29 is 4.74 Å². The Morgan fingerprint density at radius 1 is 1.19 bits per heavy atom. The number of hydrogen-bond donors (Lipinski definition) is 0. The van der Waals surface area contributed by atoms with E-state index >= 15 is 0 Å². The second-order valence-corrected chi connectivity index (χ2v) is 3.99. The molecule has 0 radical (unpaired) electrons. The topological polar surface area (TPSA) is 14.2 Å². The molecule has 16 heavy (non-hydrogen) atoms. The molecule has 2 heteroatoms. The van der Waals surface area contributed by atoms with E-state index in [4.69, 9.17) is 4.74 Å². The molecule has 2 aromatic rings. The van der Waals surface area contributed by atoms with Crippen LogP contribution in [0.3, 0.4) is 0 Å². The van der Waals surface area contributed by atoms with E-state index in [0.717, 1.165) is 0 Å². The van der Waals surface area contributed by atoms with Crippen LogP contribution >= 0.6 is 0 Å². The van der Waals surface area contributed by atoms with E-state index in [2.05, 4.69) is 54.2 Å². The summed E-state index contributed by atoms with van der Waals surface area (Å²) in [6, 6.07) is 13.0. The van der Waals surface area contributed by atoms with Crippen molar-refractivity contribution in [1.82, 2.24) is 4.57 Å². The molecule has 0 N–H and O–H groups in total. The van der Waals surface area contributed by atoms with Gasteiger partial charge < -0.3 is 9.30 Å². The minimum Gasteiger partial charge on any atom is -0.380 e. The molecule has 1 atom stereocenters. The van der Waals surface area contributed by atoms with Crippen molar-refractivity contribution in [1.29, 1.82) is 0 Å². The summed E-state index contributed by atoms with van der Waals surface area (Å²) in [5, 5.41) is 0. The summed E-state index contributed by atoms with van der Waals surface area (Å²) in [5.74, 6) is 0. The molecule has 0 aliphatic rings. The lowest BCUT2D eigenvalue weighted by molar-refractivity contribution is 0.185. The highest BCUT2D eigenvalue weighted by Crippen LogP contribution is 2.18. The highest BCUT2D eigenvalue weighted by atomic mass is 16.5. The molecule has 1 aromatic carbocycles. The van der Waals surface area contributed by atoms with Crippen LogP contribution in [0, 0.1) is 0 Å². The molecule has 2 rings (SSSR count). The van der Waals surface area contributed by atoms with Crippen molar-refractivity contribution in [2.75, 3.05) is 7.11 Å². The van der Waals surface area contributed by atoms with E-state index in [0.29, 0.717) is 12.6 Å². The van der Waals surface area contributed by atoms with Gasteiger partial charge in [-0.25, -0.2) is 0 Å². The van der Waals surface area contributed by atoms with Crippen molar-refractivity contribution in [3.63, 3.8) is 0 Å². The Balaban J connectivity index is 2.17. The fraction of sp³-hybridized carbons (Fsp3) is 0.286. The van der Waals surface area contributed by atoms with Gasteiger partial charge >= 0.3 is 0 Å². The SMILES string of the molecule is COCc1ccn([C@@H](C)c2ccccc2)c1. The minimum atomic E-state index is 0.367. The van der Waals surface area contributed by atoms with Gasteiger partial charge in [-0.1, -0.05) is 30.3 Å². The Morgan fingerprint density at radius 3 is 2.62 bits per heavy atom. The molecule has 1 heterocycles. The highest BCUT2D eigenvalue weighted by molar-refractivity contribution is 5.21. The van der Waals surface area contributed by atoms with Gasteiger partial charge in [-0.15, -0.1) is 0 Å². The lowest BCUT2D eigenvalue weighted by Crippen LogP contribution is -2.03. The fourth-order valence-electron chi connectivity index (χ4n) is 1.86. The number of hydrogen-bond acceptors (Lipinski definition) is 1. The Morgan fingerprint density at radius 2 is 1.94 bits per heavy atom. The standard InChI is InChI=1S/C14H17NO/c1-12(14-6-4-3-5-7-14)15-9-8-13(10-15)11-16-2/h3-10,12H,11H2,1-2H3/t12-/m0/s1. The summed E-state index contributed by atoms with van der Waals surface area (Å²) in [6.45, 7) is 2.88. The molecule has 0 saturated carbocycles. The van der Waals surface area contributed by atoms with E-state index in [1.54, 1.807) is 7.11 Å². The first-order valence-corrected chi connectivity index (χ1v) is 5.51. The Hall–Kier alpha value is -1.54. The van der Waals surface area contributed by atoms with Crippen LogP contribution in [0.25, 0.3) is 0 Å². The van der Waals surface area contributed by atoms with E-state index in [1.165, 1.54) is 11.1 Å². The maximum Gasteiger partial charge on any atom is 0.0727 e. The van der Waals surface area contributed by atoms with E-state index < -0.39 is 0 Å². The van der Waals surface area contributed by atoms with Crippen LogP contribution in [0.1, 0.15) is 24.1 Å². The summed E-state index contributed by atoms with van der Waals surface area (Å²) in [6.07, 6.45) is 4.24. The minimum absolute atomic E-state index is 0.367. The van der Waals surface area contributed by atoms with Crippen LogP contribution in [0.5, 0.6) is 0 Å². The third kappa shape index (κ3) is 2.34. The van der Waals surface area contributed by atoms with Crippen molar-refractivity contribution in [3.05, 3.63) is 59.9 Å². The van der Waals surface area contributed by atoms with Gasteiger partial charge in [-0.05, 0) is 24.1 Å². The summed E-state index contributed by atoms with van der Waals surface area (Å²) >= 11 is 0. The van der Waals surface area contributed by atoms with Crippen LogP contribution in [0.4, 0.5) is 0 Å². The quantitative estimate of drug-likeness (QED) is 0.763. The van der Waals surface area contributed by atoms with Gasteiger partial charge in [0.15, 0.2) is 0 Å². The first-order chi connectivity index (χ1) is 7.81. The molecular formula is C14H17NO. The molecule has 0 aliphatic heterocycles. The van der Waals surface area contributed by atoms with Gasteiger partial charge in [0.25, 0.3) is 0 Å². The maximum absolute atomic E-state index is 5.11. The van der Waals surface area contributed by atoms with Crippen molar-refractivity contribution >= 4 is 0 Å². The van der Waals surface area contributed by atoms with Gasteiger partial charge in [-0.2, -0.15) is 0 Å². The number of aromatic nitrogens is 1. The molecular weight excluding hydrogens is 198 g/mol. The van der Waals surface area contributed by atoms with Gasteiger partial charge in [0.1, 0.15) is 0 Å². The lowest BCUT2D eigenvalue weighted by atomic mass is 10.1. The zero-order valence-corrected chi connectivity index (χ0v) is 9.76. The zero-order valence-electron chi connectivity index (χ0n) is 9.76. The van der Waals surface area contributed by atoms with Crippen molar-refractivity contribution in [2.45, 2.75) is 19.6 Å². The van der Waals surface area contributed by atoms with Crippen LogP contribution in [-0.2, 0) is 11.3 Å². The van der Waals surface area contributed by atoms with E-state index in [1.807, 2.05) is 6.07 Å². The summed E-state index contributed by atoms with van der Waals surface area (Å²) < 4.78 is 7.33. The molecule has 0 fully saturated rings. The van der Waals surface area contributed by atoms with Crippen LogP contribution < -0.4 is 0 Å². The lowest BCUT2D eigenvalue weighted by Gasteiger charge is -2.13. The second kappa shape index (κ2) is 4.99. The number of methoxy groups -OCH3 is 1. The average molecular weight is 215 g/mol. The average Bonchev–Trinajstić information content (AvgIpc) is 2.78. The molecule has 1 aromatic heterocycles. The third-order valence-corrected chi connectivity index (χ3v) is 2.82. The predicted octanol–water partition coefficient (Wildman–Crippen LogP) is 3.24. The third-order valence-electron chi connectivity index (χ3n) is 2.82. The van der Waals surface area contributed by atoms with Crippen LogP contribution in [0.15, 0.2) is 48.8 Å². The van der Waals surface area contributed by atoms with E-state index in [-0.39, 0.29) is 0 Å². The molecule has 0 aliphatic carbocycles. The van der Waals surface area contributed by atoms with Gasteiger partial charge in [0.2, 0.25) is 0 Å². The Labute approximate surface area is 96.5 Å². The molecule has 0 amide bonds. The number of benzene rings is 1. The molecule has 0 saturated heterocycles. The first-order valence-electron chi connectivity index (χ1n) is 5.51. The van der Waals surface area contributed by atoms with Gasteiger partial charge in [0.05, 0.1) is 12.6 Å². The molecule has 0 unspecified atom stereocenters. The zero-order chi connectivity index (χ0) is 11.4. The number of ether oxygens (including phenoxy) is 1. The van der Waals surface area contributed by atoms with Crippen molar-refractivity contribution in [3.8, 4) is 0 Å². The molecule has 84 valence electrons.